The fraction of sp³-hybridized carbons (Fsp3) is 0.778. The Kier molecular flexibility index (Phi) is 8.88. The van der Waals surface area contributed by atoms with Crippen LogP contribution in [0.5, 0.6) is 0 Å². The van der Waals surface area contributed by atoms with Gasteiger partial charge >= 0.3 is 0 Å². The van der Waals surface area contributed by atoms with Crippen LogP contribution in [-0.2, 0) is 0 Å². The lowest BCUT2D eigenvalue weighted by Gasteiger charge is -2.18. The molecule has 1 N–H and O–H groups in total. The third kappa shape index (κ3) is 6.58. The van der Waals surface area contributed by atoms with Crippen LogP contribution in [-0.4, -0.2) is 40.7 Å². The van der Waals surface area contributed by atoms with Gasteiger partial charge in [0, 0.05) is 16.2 Å². The van der Waals surface area contributed by atoms with Gasteiger partial charge in [0.1, 0.15) is 0 Å². The average Bonchev–Trinajstić information content (AvgIpc) is 2.11. The normalized spacial score (nSPS) is 11.6. The summed E-state index contributed by atoms with van der Waals surface area (Å²) in [4.78, 5) is 2.38. The Bertz CT molecular complexity index is 103. The van der Waals surface area contributed by atoms with E-state index in [0.29, 0.717) is 0 Å². The Morgan fingerprint density at radius 1 is 1.42 bits per heavy atom. The molecule has 2 nitrogen and oxygen atoms in total. The molecule has 0 saturated heterocycles. The minimum Gasteiger partial charge on any atom is -0.305 e. The molecule has 0 aliphatic heterocycles. The van der Waals surface area contributed by atoms with Gasteiger partial charge in [-0.05, 0) is 25.7 Å². The second-order valence-electron chi connectivity index (χ2n) is 2.89. The van der Waals surface area contributed by atoms with Crippen LogP contribution in [0.3, 0.4) is 0 Å². The van der Waals surface area contributed by atoms with E-state index in [2.05, 4.69) is 36.3 Å². The molecule has 0 heterocycles. The van der Waals surface area contributed by atoms with Crippen LogP contribution < -0.4 is 5.32 Å². The third-order valence-electron chi connectivity index (χ3n) is 1.99. The van der Waals surface area contributed by atoms with Crippen LogP contribution in [0.2, 0.25) is 6.04 Å². The summed E-state index contributed by atoms with van der Waals surface area (Å²) in [7, 11) is 0.0471. The fourth-order valence-corrected chi connectivity index (χ4v) is 1.80. The number of hydrogen-bond acceptors (Lipinski definition) is 2. The van der Waals surface area contributed by atoms with Gasteiger partial charge in [-0.3, -0.25) is 4.90 Å². The summed E-state index contributed by atoms with van der Waals surface area (Å²) in [5, 5.41) is 3.44. The molecule has 0 unspecified atom stereocenters. The summed E-state index contributed by atoms with van der Waals surface area (Å²) in [6.45, 7) is 12.6. The predicted molar refractivity (Wildman–Crippen MR) is 59.3 cm³/mol. The molecule has 72 valence electrons. The maximum atomic E-state index is 3.75. The first-order valence-corrected chi connectivity index (χ1v) is 6.70. The molecule has 0 spiro atoms. The van der Waals surface area contributed by atoms with Crippen molar-refractivity contribution < 1.29 is 0 Å². The molecule has 0 atom stereocenters. The standard InChI is InChI=1S/C9H22N2Si/c1-4-11(5-2)9-10-7-8-12-6-3/h6,10H,3-5,7-9,12H2,1-2H3. The molecule has 0 bridgehead atoms. The highest BCUT2D eigenvalue weighted by Crippen LogP contribution is 1.83. The Morgan fingerprint density at radius 3 is 2.58 bits per heavy atom. The highest BCUT2D eigenvalue weighted by Gasteiger charge is 1.95. The lowest BCUT2D eigenvalue weighted by molar-refractivity contribution is 0.282. The second-order valence-corrected chi connectivity index (χ2v) is 4.75. The van der Waals surface area contributed by atoms with Gasteiger partial charge in [0.15, 0.2) is 0 Å². The number of hydrogen-bond donors (Lipinski definition) is 1. The molecular weight excluding hydrogens is 164 g/mol. The minimum absolute atomic E-state index is 0.0471. The lowest BCUT2D eigenvalue weighted by atomic mass is 10.5. The Morgan fingerprint density at radius 2 is 2.08 bits per heavy atom. The molecule has 0 aromatic carbocycles. The van der Waals surface area contributed by atoms with Gasteiger partial charge in [-0.15, -0.1) is 12.3 Å². The Hall–Kier alpha value is -0.123. The lowest BCUT2D eigenvalue weighted by Crippen LogP contribution is -2.34. The zero-order valence-electron chi connectivity index (χ0n) is 8.47. The summed E-state index contributed by atoms with van der Waals surface area (Å²) in [6, 6.07) is 1.34. The van der Waals surface area contributed by atoms with Crippen molar-refractivity contribution in [2.24, 2.45) is 0 Å². The summed E-state index contributed by atoms with van der Waals surface area (Å²) in [6.07, 6.45) is 0. The molecule has 0 radical (unpaired) electrons. The van der Waals surface area contributed by atoms with Crippen LogP contribution in [0.4, 0.5) is 0 Å². The highest BCUT2D eigenvalue weighted by atomic mass is 28.2. The van der Waals surface area contributed by atoms with Crippen molar-refractivity contribution in [3.8, 4) is 0 Å². The van der Waals surface area contributed by atoms with Gasteiger partial charge in [-0.1, -0.05) is 13.8 Å². The number of nitrogens with one attached hydrogen (secondary N) is 1. The van der Waals surface area contributed by atoms with Gasteiger partial charge in [0.25, 0.3) is 0 Å². The van der Waals surface area contributed by atoms with Crippen molar-refractivity contribution in [3.05, 3.63) is 12.3 Å². The molecule has 3 heteroatoms. The fourth-order valence-electron chi connectivity index (χ4n) is 1.06. The molecule has 12 heavy (non-hydrogen) atoms. The van der Waals surface area contributed by atoms with Gasteiger partial charge in [-0.25, -0.2) is 0 Å². The van der Waals surface area contributed by atoms with E-state index >= 15 is 0 Å². The van der Waals surface area contributed by atoms with E-state index in [9.17, 15) is 0 Å². The van der Waals surface area contributed by atoms with E-state index in [4.69, 9.17) is 0 Å². The number of rotatable bonds is 8. The summed E-state index contributed by atoms with van der Waals surface area (Å²) in [5.41, 5.74) is 2.11. The first kappa shape index (κ1) is 11.9. The minimum atomic E-state index is 0.0471. The van der Waals surface area contributed by atoms with Gasteiger partial charge in [0.2, 0.25) is 0 Å². The van der Waals surface area contributed by atoms with Crippen molar-refractivity contribution in [2.45, 2.75) is 19.9 Å². The van der Waals surface area contributed by atoms with Crippen molar-refractivity contribution in [3.63, 3.8) is 0 Å². The third-order valence-corrected chi connectivity index (χ3v) is 3.16. The molecule has 0 amide bonds. The Labute approximate surface area is 78.9 Å². The summed E-state index contributed by atoms with van der Waals surface area (Å²) >= 11 is 0. The zero-order valence-corrected chi connectivity index (χ0v) is 9.89. The summed E-state index contributed by atoms with van der Waals surface area (Å²) < 4.78 is 0. The first-order valence-electron chi connectivity index (χ1n) is 4.89. The van der Waals surface area contributed by atoms with Crippen LogP contribution in [0.1, 0.15) is 13.8 Å². The second kappa shape index (κ2) is 8.97. The molecule has 0 aliphatic carbocycles. The van der Waals surface area contributed by atoms with Crippen LogP contribution >= 0.6 is 0 Å². The molecule has 0 aromatic heterocycles. The largest absolute Gasteiger partial charge is 0.305 e. The predicted octanol–water partition coefficient (Wildman–Crippen LogP) is 0.606. The van der Waals surface area contributed by atoms with E-state index in [1.807, 2.05) is 0 Å². The average molecular weight is 186 g/mol. The van der Waals surface area contributed by atoms with E-state index < -0.39 is 0 Å². The SMILES string of the molecule is C=C[SiH2]CCNCN(CC)CC. The molecule has 0 saturated carbocycles. The molecule has 0 rings (SSSR count). The Balaban J connectivity index is 3.11. The van der Waals surface area contributed by atoms with Crippen molar-refractivity contribution in [2.75, 3.05) is 26.3 Å². The molecule has 0 aliphatic rings. The van der Waals surface area contributed by atoms with Gasteiger partial charge < -0.3 is 5.32 Å². The van der Waals surface area contributed by atoms with Crippen molar-refractivity contribution in [1.82, 2.24) is 10.2 Å². The monoisotopic (exact) mass is 186 g/mol. The van der Waals surface area contributed by atoms with Crippen LogP contribution in [0.15, 0.2) is 12.3 Å². The smallest absolute Gasteiger partial charge is 0.0480 e. The quantitative estimate of drug-likeness (QED) is 0.339. The van der Waals surface area contributed by atoms with E-state index in [-0.39, 0.29) is 9.52 Å². The summed E-state index contributed by atoms with van der Waals surface area (Å²) in [5.74, 6) is 0. The first-order chi connectivity index (χ1) is 5.85. The van der Waals surface area contributed by atoms with E-state index in [1.54, 1.807) is 0 Å². The maximum Gasteiger partial charge on any atom is 0.0480 e. The molecular formula is C9H22N2Si. The highest BCUT2D eigenvalue weighted by molar-refractivity contribution is 6.41. The van der Waals surface area contributed by atoms with Crippen molar-refractivity contribution >= 4 is 9.52 Å². The molecule has 0 fully saturated rings. The maximum absolute atomic E-state index is 3.75. The van der Waals surface area contributed by atoms with Gasteiger partial charge in [-0.2, -0.15) is 0 Å². The zero-order chi connectivity index (χ0) is 9.23. The number of nitrogens with zero attached hydrogens (tertiary/aromatic N) is 1. The van der Waals surface area contributed by atoms with E-state index in [0.717, 1.165) is 26.3 Å². The van der Waals surface area contributed by atoms with E-state index in [1.165, 1.54) is 6.04 Å². The topological polar surface area (TPSA) is 15.3 Å². The van der Waals surface area contributed by atoms with Gasteiger partial charge in [0.05, 0.1) is 0 Å². The van der Waals surface area contributed by atoms with Crippen LogP contribution in [0, 0.1) is 0 Å². The van der Waals surface area contributed by atoms with Crippen LogP contribution in [0.25, 0.3) is 0 Å². The van der Waals surface area contributed by atoms with Crippen molar-refractivity contribution in [1.29, 1.82) is 0 Å². The molecule has 0 aromatic rings.